The van der Waals surface area contributed by atoms with E-state index in [1.165, 1.54) is 12.8 Å². The van der Waals surface area contributed by atoms with Gasteiger partial charge in [0.2, 0.25) is 0 Å². The summed E-state index contributed by atoms with van der Waals surface area (Å²) >= 11 is 0. The van der Waals surface area contributed by atoms with Gasteiger partial charge >= 0.3 is 0 Å². The molecule has 4 heteroatoms. The smallest absolute Gasteiger partial charge is 0.254 e. The van der Waals surface area contributed by atoms with E-state index >= 15 is 0 Å². The third-order valence-corrected chi connectivity index (χ3v) is 3.91. The first-order valence-electron chi connectivity index (χ1n) is 7.25. The quantitative estimate of drug-likeness (QED) is 0.795. The molecule has 0 spiro atoms. The van der Waals surface area contributed by atoms with Crippen LogP contribution in [-0.2, 0) is 13.5 Å². The highest BCUT2D eigenvalue weighted by molar-refractivity contribution is 5.27. The molecule has 1 heterocycles. The Morgan fingerprint density at radius 2 is 2.20 bits per heavy atom. The van der Waals surface area contributed by atoms with Crippen molar-refractivity contribution in [3.05, 3.63) is 33.7 Å². The van der Waals surface area contributed by atoms with Crippen LogP contribution in [0.2, 0.25) is 0 Å². The van der Waals surface area contributed by atoms with Crippen LogP contribution in [0.5, 0.6) is 0 Å². The Labute approximate surface area is 120 Å². The fraction of sp³-hybridized carbons (Fsp3) is 0.625. The highest BCUT2D eigenvalue weighted by Crippen LogP contribution is 2.37. The molecule has 1 aromatic rings. The van der Waals surface area contributed by atoms with Gasteiger partial charge in [0.25, 0.3) is 5.56 Å². The van der Waals surface area contributed by atoms with E-state index < -0.39 is 0 Å². The first-order valence-corrected chi connectivity index (χ1v) is 7.25. The van der Waals surface area contributed by atoms with Gasteiger partial charge < -0.3 is 9.47 Å². The predicted octanol–water partition coefficient (Wildman–Crippen LogP) is 1.90. The third kappa shape index (κ3) is 3.71. The molecule has 1 aliphatic rings. The van der Waals surface area contributed by atoms with Crippen molar-refractivity contribution in [2.75, 3.05) is 20.6 Å². The second-order valence-corrected chi connectivity index (χ2v) is 6.13. The van der Waals surface area contributed by atoms with Gasteiger partial charge in [-0.15, -0.1) is 0 Å². The van der Waals surface area contributed by atoms with E-state index in [1.54, 1.807) is 11.6 Å². The summed E-state index contributed by atoms with van der Waals surface area (Å²) in [6.07, 6.45) is 6.04. The summed E-state index contributed by atoms with van der Waals surface area (Å²) in [7, 11) is 5.85. The van der Waals surface area contributed by atoms with E-state index in [0.29, 0.717) is 11.5 Å². The first-order chi connectivity index (χ1) is 9.51. The zero-order valence-electron chi connectivity index (χ0n) is 12.6. The first kappa shape index (κ1) is 14.8. The number of rotatable bonds is 6. The Bertz CT molecular complexity index is 564. The van der Waals surface area contributed by atoms with Crippen LogP contribution in [0.1, 0.15) is 36.3 Å². The summed E-state index contributed by atoms with van der Waals surface area (Å²) in [5.74, 6) is 0.398. The fourth-order valence-electron chi connectivity index (χ4n) is 2.48. The molecule has 0 amide bonds. The second kappa shape index (κ2) is 6.23. The Kier molecular flexibility index (Phi) is 4.61. The normalized spacial score (nSPS) is 16.1. The summed E-state index contributed by atoms with van der Waals surface area (Å²) in [6, 6.07) is 4.27. The van der Waals surface area contributed by atoms with Gasteiger partial charge in [-0.05, 0) is 44.5 Å². The number of aromatic nitrogens is 1. The van der Waals surface area contributed by atoms with E-state index in [0.717, 1.165) is 24.9 Å². The van der Waals surface area contributed by atoms with Crippen LogP contribution >= 0.6 is 0 Å². The van der Waals surface area contributed by atoms with Crippen LogP contribution in [0.15, 0.2) is 17.1 Å². The summed E-state index contributed by atoms with van der Waals surface area (Å²) in [5.41, 5.74) is 1.79. The molecule has 1 unspecified atom stereocenters. The van der Waals surface area contributed by atoms with Crippen LogP contribution in [0.3, 0.4) is 0 Å². The van der Waals surface area contributed by atoms with Gasteiger partial charge in [-0.1, -0.05) is 12.8 Å². The molecule has 0 saturated heterocycles. The Morgan fingerprint density at radius 3 is 2.75 bits per heavy atom. The standard InChI is InChI=1S/C16H23N3O/c1-18(2)7-6-13-9-15(16(20)19(3)11-13)14(10-17)8-12-4-5-12/h9,11-12,14H,4-8H2,1-3H3. The van der Waals surface area contributed by atoms with E-state index in [4.69, 9.17) is 0 Å². The largest absolute Gasteiger partial charge is 0.318 e. The van der Waals surface area contributed by atoms with Crippen molar-refractivity contribution >= 4 is 0 Å². The van der Waals surface area contributed by atoms with E-state index in [-0.39, 0.29) is 11.5 Å². The Morgan fingerprint density at radius 1 is 1.50 bits per heavy atom. The average molecular weight is 273 g/mol. The minimum atomic E-state index is -0.250. The van der Waals surface area contributed by atoms with Crippen molar-refractivity contribution in [3.8, 4) is 6.07 Å². The van der Waals surface area contributed by atoms with Crippen LogP contribution in [0.25, 0.3) is 0 Å². The lowest BCUT2D eigenvalue weighted by molar-refractivity contribution is 0.413. The summed E-state index contributed by atoms with van der Waals surface area (Å²) in [5, 5.41) is 9.37. The van der Waals surface area contributed by atoms with Gasteiger partial charge in [0.1, 0.15) is 0 Å². The van der Waals surface area contributed by atoms with Crippen LogP contribution in [0, 0.1) is 17.2 Å². The molecule has 0 radical (unpaired) electrons. The predicted molar refractivity (Wildman–Crippen MR) is 79.6 cm³/mol. The lowest BCUT2D eigenvalue weighted by atomic mass is 9.94. The maximum Gasteiger partial charge on any atom is 0.254 e. The topological polar surface area (TPSA) is 49.0 Å². The van der Waals surface area contributed by atoms with Gasteiger partial charge in [0.15, 0.2) is 0 Å². The van der Waals surface area contributed by atoms with Gasteiger partial charge in [0, 0.05) is 25.4 Å². The number of likely N-dealkylation sites (N-methyl/N-ethyl adjacent to an activating group) is 1. The fourth-order valence-corrected chi connectivity index (χ4v) is 2.48. The average Bonchev–Trinajstić information content (AvgIpc) is 3.21. The molecule has 0 aromatic carbocycles. The summed E-state index contributed by atoms with van der Waals surface area (Å²) < 4.78 is 1.62. The van der Waals surface area contributed by atoms with E-state index in [9.17, 15) is 10.1 Å². The highest BCUT2D eigenvalue weighted by Gasteiger charge is 2.27. The van der Waals surface area contributed by atoms with Crippen LogP contribution in [-0.4, -0.2) is 30.1 Å². The van der Waals surface area contributed by atoms with Gasteiger partial charge in [0.05, 0.1) is 12.0 Å². The molecule has 1 saturated carbocycles. The van der Waals surface area contributed by atoms with Crippen molar-refractivity contribution in [2.24, 2.45) is 13.0 Å². The number of aryl methyl sites for hydroxylation is 1. The highest BCUT2D eigenvalue weighted by atomic mass is 16.1. The second-order valence-electron chi connectivity index (χ2n) is 6.13. The lowest BCUT2D eigenvalue weighted by Crippen LogP contribution is -2.24. The minimum absolute atomic E-state index is 0.0224. The van der Waals surface area contributed by atoms with Gasteiger partial charge in [-0.3, -0.25) is 4.79 Å². The van der Waals surface area contributed by atoms with Crippen molar-refractivity contribution < 1.29 is 0 Å². The lowest BCUT2D eigenvalue weighted by Gasteiger charge is -2.14. The maximum atomic E-state index is 12.3. The number of nitrogens with zero attached hydrogens (tertiary/aromatic N) is 3. The summed E-state index contributed by atoms with van der Waals surface area (Å²) in [4.78, 5) is 14.4. The van der Waals surface area contributed by atoms with E-state index in [1.807, 2.05) is 26.4 Å². The van der Waals surface area contributed by atoms with Crippen LogP contribution < -0.4 is 5.56 Å². The van der Waals surface area contributed by atoms with Crippen molar-refractivity contribution in [1.82, 2.24) is 9.47 Å². The monoisotopic (exact) mass is 273 g/mol. The SMILES string of the molecule is CN(C)CCc1cc(C(C#N)CC2CC2)c(=O)n(C)c1. The van der Waals surface area contributed by atoms with Crippen molar-refractivity contribution in [1.29, 1.82) is 5.26 Å². The molecule has 0 aliphatic heterocycles. The molecule has 108 valence electrons. The van der Waals surface area contributed by atoms with Crippen LogP contribution in [0.4, 0.5) is 0 Å². The molecule has 1 atom stereocenters. The van der Waals surface area contributed by atoms with E-state index in [2.05, 4.69) is 11.0 Å². The molecule has 1 fully saturated rings. The molecule has 0 N–H and O–H groups in total. The number of hydrogen-bond donors (Lipinski definition) is 0. The zero-order valence-corrected chi connectivity index (χ0v) is 12.6. The molecule has 0 bridgehead atoms. The van der Waals surface area contributed by atoms with Gasteiger partial charge in [-0.25, -0.2) is 0 Å². The molecular weight excluding hydrogens is 250 g/mol. The maximum absolute atomic E-state index is 12.3. The van der Waals surface area contributed by atoms with Gasteiger partial charge in [-0.2, -0.15) is 5.26 Å². The number of hydrogen-bond acceptors (Lipinski definition) is 3. The zero-order chi connectivity index (χ0) is 14.7. The molecule has 2 rings (SSSR count). The van der Waals surface area contributed by atoms with Crippen molar-refractivity contribution in [3.63, 3.8) is 0 Å². The third-order valence-electron chi connectivity index (χ3n) is 3.91. The molecule has 1 aliphatic carbocycles. The molecule has 4 nitrogen and oxygen atoms in total. The Balaban J connectivity index is 2.25. The Hall–Kier alpha value is -1.60. The summed E-state index contributed by atoms with van der Waals surface area (Å²) in [6.45, 7) is 0.942. The molecule has 1 aromatic heterocycles. The minimum Gasteiger partial charge on any atom is -0.318 e. The molecular formula is C16H23N3O. The number of pyridine rings is 1. The van der Waals surface area contributed by atoms with Crippen molar-refractivity contribution in [2.45, 2.75) is 31.6 Å². The molecule has 20 heavy (non-hydrogen) atoms. The number of nitriles is 1.